The largest absolute Gasteiger partial charge is 0.348 e. The van der Waals surface area contributed by atoms with Crippen molar-refractivity contribution < 1.29 is 4.79 Å². The van der Waals surface area contributed by atoms with Gasteiger partial charge in [-0.2, -0.15) is 5.10 Å². The van der Waals surface area contributed by atoms with Crippen molar-refractivity contribution in [2.45, 2.75) is 45.7 Å². The van der Waals surface area contributed by atoms with E-state index in [1.807, 2.05) is 11.7 Å². The second-order valence-electron chi connectivity index (χ2n) is 12.6. The molecule has 44 heavy (non-hydrogen) atoms. The zero-order valence-corrected chi connectivity index (χ0v) is 26.6. The van der Waals surface area contributed by atoms with Crippen LogP contribution in [-0.2, 0) is 33.0 Å². The Morgan fingerprint density at radius 3 is 2.64 bits per heavy atom. The van der Waals surface area contributed by atoms with Crippen LogP contribution < -0.4 is 5.32 Å². The molecule has 0 unspecified atom stereocenters. The van der Waals surface area contributed by atoms with Gasteiger partial charge in [-0.15, -0.1) is 11.3 Å². The molecule has 8 rings (SSSR count). The third-order valence-electron chi connectivity index (χ3n) is 10.1. The molecule has 0 radical (unpaired) electrons. The molecular weight excluding hydrogens is 565 g/mol. The number of aryl methyl sites for hydroxylation is 4. The smallest absolute Gasteiger partial charge is 0.252 e. The van der Waals surface area contributed by atoms with E-state index < -0.39 is 0 Å². The second kappa shape index (κ2) is 11.0. The van der Waals surface area contributed by atoms with Crippen molar-refractivity contribution in [1.29, 1.82) is 0 Å². The highest BCUT2D eigenvalue weighted by Crippen LogP contribution is 2.47. The second-order valence-corrected chi connectivity index (χ2v) is 13.5. The van der Waals surface area contributed by atoms with Crippen molar-refractivity contribution in [3.8, 4) is 11.1 Å². The van der Waals surface area contributed by atoms with Crippen LogP contribution in [0.4, 0.5) is 0 Å². The van der Waals surface area contributed by atoms with Gasteiger partial charge in [-0.05, 0) is 84.6 Å². The molecule has 1 saturated heterocycles. The van der Waals surface area contributed by atoms with Crippen LogP contribution in [0.3, 0.4) is 0 Å². The van der Waals surface area contributed by atoms with Gasteiger partial charge in [0.1, 0.15) is 0 Å². The van der Waals surface area contributed by atoms with E-state index in [4.69, 9.17) is 5.10 Å². The Hall–Kier alpha value is -3.72. The van der Waals surface area contributed by atoms with E-state index in [2.05, 4.69) is 75.1 Å². The molecule has 0 spiro atoms. The maximum Gasteiger partial charge on any atom is 0.252 e. The molecule has 3 aliphatic rings. The number of nitrogens with zero attached hydrogens (tertiary/aromatic N) is 5. The van der Waals surface area contributed by atoms with Crippen molar-refractivity contribution >= 4 is 44.6 Å². The zero-order valence-electron chi connectivity index (χ0n) is 25.8. The molecule has 3 aromatic heterocycles. The fraction of sp³-hybridized carbons (Fsp3) is 0.389. The molecule has 1 amide bonds. The van der Waals surface area contributed by atoms with E-state index in [9.17, 15) is 4.79 Å². The maximum absolute atomic E-state index is 13.5. The molecule has 0 atom stereocenters. The highest BCUT2D eigenvalue weighted by molar-refractivity contribution is 7.11. The van der Waals surface area contributed by atoms with Crippen LogP contribution in [0, 0.1) is 0 Å². The third-order valence-corrected chi connectivity index (χ3v) is 11.1. The Morgan fingerprint density at radius 2 is 1.84 bits per heavy atom. The van der Waals surface area contributed by atoms with Crippen LogP contribution in [0.1, 0.15) is 57.4 Å². The number of benzene rings is 2. The summed E-state index contributed by atoms with van der Waals surface area (Å²) in [5.74, 6) is 0.0399. The lowest BCUT2D eigenvalue weighted by atomic mass is 9.82. The van der Waals surface area contributed by atoms with E-state index in [0.717, 1.165) is 78.0 Å². The van der Waals surface area contributed by atoms with Gasteiger partial charge in [-0.1, -0.05) is 25.6 Å². The number of thiophene rings is 1. The Labute approximate surface area is 262 Å². The number of hydrogen-bond donors (Lipinski definition) is 1. The molecule has 5 heterocycles. The van der Waals surface area contributed by atoms with Gasteiger partial charge in [0.05, 0.1) is 16.8 Å². The molecule has 1 N–H and O–H groups in total. The van der Waals surface area contributed by atoms with Gasteiger partial charge in [0.25, 0.3) is 5.91 Å². The van der Waals surface area contributed by atoms with E-state index in [1.54, 1.807) is 11.3 Å². The molecular formula is C36H40N6OS. The van der Waals surface area contributed by atoms with E-state index in [0.29, 0.717) is 6.54 Å². The summed E-state index contributed by atoms with van der Waals surface area (Å²) in [6.45, 7) is 15.3. The number of nitrogens with one attached hydrogen (secondary N) is 1. The first-order chi connectivity index (χ1) is 21.5. The van der Waals surface area contributed by atoms with Gasteiger partial charge in [-0.3, -0.25) is 9.48 Å². The van der Waals surface area contributed by atoms with E-state index >= 15 is 0 Å². The molecule has 7 nitrogen and oxygen atoms in total. The van der Waals surface area contributed by atoms with Crippen LogP contribution >= 0.6 is 11.3 Å². The van der Waals surface area contributed by atoms with Crippen LogP contribution in [0.5, 0.6) is 0 Å². The first-order valence-corrected chi connectivity index (χ1v) is 17.0. The molecule has 2 aliphatic heterocycles. The van der Waals surface area contributed by atoms with Crippen LogP contribution in [0.25, 0.3) is 38.5 Å². The van der Waals surface area contributed by atoms with Crippen LogP contribution in [0.2, 0.25) is 0 Å². The minimum Gasteiger partial charge on any atom is -0.348 e. The maximum atomic E-state index is 13.5. The average Bonchev–Trinajstić information content (AvgIpc) is 3.84. The van der Waals surface area contributed by atoms with Gasteiger partial charge in [-0.25, -0.2) is 0 Å². The number of aromatic nitrogens is 3. The summed E-state index contributed by atoms with van der Waals surface area (Å²) in [5.41, 5.74) is 11.4. The molecule has 0 bridgehead atoms. The number of fused-ring (bicyclic) bond motifs is 10. The number of carbonyl (C=O) groups excluding carboxylic acids is 1. The quantitative estimate of drug-likeness (QED) is 0.218. The van der Waals surface area contributed by atoms with E-state index in [-0.39, 0.29) is 5.91 Å². The molecule has 1 aliphatic carbocycles. The van der Waals surface area contributed by atoms with Gasteiger partial charge >= 0.3 is 0 Å². The molecule has 1 fully saturated rings. The third kappa shape index (κ3) is 4.45. The van der Waals surface area contributed by atoms with Crippen molar-refractivity contribution in [1.82, 2.24) is 29.5 Å². The Bertz CT molecular complexity index is 1920. The highest BCUT2D eigenvalue weighted by Gasteiger charge is 2.35. The van der Waals surface area contributed by atoms with Crippen molar-refractivity contribution in [2.75, 3.05) is 39.3 Å². The van der Waals surface area contributed by atoms with Crippen molar-refractivity contribution in [2.24, 2.45) is 7.05 Å². The Morgan fingerprint density at radius 1 is 1.02 bits per heavy atom. The van der Waals surface area contributed by atoms with Crippen molar-refractivity contribution in [3.63, 3.8) is 0 Å². The van der Waals surface area contributed by atoms with Gasteiger partial charge in [0.2, 0.25) is 0 Å². The molecule has 226 valence electrons. The van der Waals surface area contributed by atoms with Crippen LogP contribution in [0.15, 0.2) is 48.5 Å². The normalized spacial score (nSPS) is 16.8. The first-order valence-electron chi connectivity index (χ1n) is 16.1. The molecule has 2 aromatic carbocycles. The topological polar surface area (TPSA) is 58.3 Å². The predicted octanol–water partition coefficient (Wildman–Crippen LogP) is 6.08. The molecule has 8 heteroatoms. The first kappa shape index (κ1) is 27.8. The summed E-state index contributed by atoms with van der Waals surface area (Å²) in [4.78, 5) is 19.9. The Balaban J connectivity index is 1.25. The lowest BCUT2D eigenvalue weighted by molar-refractivity contribution is 0.0966. The fourth-order valence-electron chi connectivity index (χ4n) is 7.86. The Kier molecular flexibility index (Phi) is 6.96. The number of carbonyl (C=O) groups is 1. The number of unbranched alkanes of at least 4 members (excludes halogenated alkanes) is 1. The summed E-state index contributed by atoms with van der Waals surface area (Å²) in [5, 5.41) is 12.6. The minimum absolute atomic E-state index is 0.0399. The standard InChI is InChI=1S/C36H40N6OS/c1-4-40-15-17-41(18-16-40)13-5-6-14-42-30-12-9-24(23(2)31-8-7-19-44-31)20-26(30)33-27-21-37-36(43)34(27)32-25(35(33)42)10-11-29-28(32)22-39(3)38-29/h7-9,12,19-20,22H,2,4-6,10-11,13-18,21H2,1,3H3,(H,37,43). The molecule has 0 saturated carbocycles. The average molecular weight is 605 g/mol. The van der Waals surface area contributed by atoms with Gasteiger partial charge in [0, 0.05) is 84.8 Å². The van der Waals surface area contributed by atoms with Gasteiger partial charge < -0.3 is 19.7 Å². The number of likely N-dealkylation sites (N-methyl/N-ethyl adjacent to an activating group) is 1. The monoisotopic (exact) mass is 604 g/mol. The SMILES string of the molecule is C=C(c1ccc2c(c1)c1c3c(c4c(c1n2CCCCN1CCN(CC)CC1)CCc1nn(C)cc1-4)C(=O)NC3)c1cccs1. The lowest BCUT2D eigenvalue weighted by Crippen LogP contribution is -2.46. The van der Waals surface area contributed by atoms with Crippen LogP contribution in [-0.4, -0.2) is 69.3 Å². The number of amides is 1. The lowest BCUT2D eigenvalue weighted by Gasteiger charge is -2.34. The number of piperazine rings is 1. The highest BCUT2D eigenvalue weighted by atomic mass is 32.1. The number of hydrogen-bond acceptors (Lipinski definition) is 5. The molecule has 5 aromatic rings. The predicted molar refractivity (Wildman–Crippen MR) is 180 cm³/mol. The fourth-order valence-corrected chi connectivity index (χ4v) is 8.58. The summed E-state index contributed by atoms with van der Waals surface area (Å²) in [7, 11) is 1.98. The zero-order chi connectivity index (χ0) is 29.9. The van der Waals surface area contributed by atoms with Gasteiger partial charge in [0.15, 0.2) is 0 Å². The summed E-state index contributed by atoms with van der Waals surface area (Å²) in [6.07, 6.45) is 6.20. The van der Waals surface area contributed by atoms with Crippen molar-refractivity contribution in [3.05, 3.63) is 81.3 Å². The summed E-state index contributed by atoms with van der Waals surface area (Å²) in [6, 6.07) is 11.1. The van der Waals surface area contributed by atoms with E-state index in [1.165, 1.54) is 64.8 Å². The minimum atomic E-state index is 0.0399. The summed E-state index contributed by atoms with van der Waals surface area (Å²) >= 11 is 1.73. The number of rotatable bonds is 8. The summed E-state index contributed by atoms with van der Waals surface area (Å²) < 4.78 is 4.49.